The molecule has 0 aliphatic carbocycles. The van der Waals surface area contributed by atoms with E-state index >= 15 is 0 Å². The van der Waals surface area contributed by atoms with Crippen LogP contribution in [0.15, 0.2) is 53.5 Å². The Morgan fingerprint density at radius 2 is 1.58 bits per heavy atom. The third-order valence-corrected chi connectivity index (χ3v) is 6.74. The van der Waals surface area contributed by atoms with Crippen molar-refractivity contribution < 1.29 is 31.1 Å². The number of aliphatic imine (C=N–C) groups is 1. The van der Waals surface area contributed by atoms with Gasteiger partial charge in [0.25, 0.3) is 0 Å². The summed E-state index contributed by atoms with van der Waals surface area (Å²) in [6, 6.07) is 10.1. The molecule has 2 aliphatic heterocycles. The molecular formula is C26H29F6N5O. The number of benzene rings is 2. The molecule has 4 rings (SSSR count). The van der Waals surface area contributed by atoms with Gasteiger partial charge in [0.2, 0.25) is 5.91 Å². The van der Waals surface area contributed by atoms with Gasteiger partial charge >= 0.3 is 12.4 Å². The lowest BCUT2D eigenvalue weighted by molar-refractivity contribution is -0.143. The smallest absolute Gasteiger partial charge is 0.354 e. The molecular weight excluding hydrogens is 512 g/mol. The van der Waals surface area contributed by atoms with Crippen molar-refractivity contribution in [2.24, 2.45) is 4.99 Å². The van der Waals surface area contributed by atoms with Gasteiger partial charge in [-0.2, -0.15) is 26.3 Å². The minimum Gasteiger partial charge on any atom is -0.354 e. The van der Waals surface area contributed by atoms with Crippen LogP contribution in [0.5, 0.6) is 0 Å². The Morgan fingerprint density at radius 1 is 0.974 bits per heavy atom. The number of nitrogens with one attached hydrogen (secondary N) is 1. The van der Waals surface area contributed by atoms with E-state index in [1.807, 2.05) is 35.2 Å². The van der Waals surface area contributed by atoms with E-state index in [0.29, 0.717) is 38.3 Å². The first kappa shape index (κ1) is 27.7. The summed E-state index contributed by atoms with van der Waals surface area (Å²) in [6.07, 6.45) is -9.99. The van der Waals surface area contributed by atoms with E-state index in [1.165, 1.54) is 11.9 Å². The molecule has 206 valence electrons. The van der Waals surface area contributed by atoms with Crippen LogP contribution in [0, 0.1) is 0 Å². The first-order valence-corrected chi connectivity index (χ1v) is 12.3. The Morgan fingerprint density at radius 3 is 2.11 bits per heavy atom. The van der Waals surface area contributed by atoms with Crippen LogP contribution in [0.2, 0.25) is 0 Å². The average molecular weight is 542 g/mol. The third kappa shape index (κ3) is 6.58. The highest BCUT2D eigenvalue weighted by Gasteiger charge is 2.37. The zero-order valence-corrected chi connectivity index (χ0v) is 20.8. The maximum absolute atomic E-state index is 13.6. The molecule has 0 saturated carbocycles. The highest BCUT2D eigenvalue weighted by Crippen LogP contribution is 2.36. The molecule has 0 spiro atoms. The van der Waals surface area contributed by atoms with Gasteiger partial charge in [-0.05, 0) is 35.7 Å². The fraction of sp³-hybridized carbons (Fsp3) is 0.462. The maximum Gasteiger partial charge on any atom is 0.416 e. The van der Waals surface area contributed by atoms with Crippen LogP contribution in [0.25, 0.3) is 0 Å². The van der Waals surface area contributed by atoms with E-state index in [0.717, 1.165) is 24.6 Å². The number of guanidine groups is 1. The van der Waals surface area contributed by atoms with Crippen LogP contribution >= 0.6 is 0 Å². The summed E-state index contributed by atoms with van der Waals surface area (Å²) in [5.41, 5.74) is -2.09. The summed E-state index contributed by atoms with van der Waals surface area (Å²) in [6.45, 7) is 3.98. The van der Waals surface area contributed by atoms with Crippen molar-refractivity contribution in [1.82, 2.24) is 20.0 Å². The second-order valence-corrected chi connectivity index (χ2v) is 9.39. The molecule has 1 amide bonds. The minimum atomic E-state index is -4.92. The predicted octanol–water partition coefficient (Wildman–Crippen LogP) is 4.04. The molecule has 2 heterocycles. The van der Waals surface area contributed by atoms with Gasteiger partial charge < -0.3 is 15.1 Å². The van der Waals surface area contributed by atoms with Gasteiger partial charge in [-0.25, -0.2) is 0 Å². The van der Waals surface area contributed by atoms with Crippen LogP contribution in [-0.4, -0.2) is 79.4 Å². The predicted molar refractivity (Wildman–Crippen MR) is 130 cm³/mol. The number of hydrogen-bond acceptors (Lipinski definition) is 5. The third-order valence-electron chi connectivity index (χ3n) is 6.74. The van der Waals surface area contributed by atoms with Gasteiger partial charge in [0.05, 0.1) is 17.7 Å². The molecule has 0 aromatic heterocycles. The summed E-state index contributed by atoms with van der Waals surface area (Å²) in [7, 11) is 1.52. The van der Waals surface area contributed by atoms with E-state index in [2.05, 4.69) is 15.2 Å². The Kier molecular flexibility index (Phi) is 8.19. The monoisotopic (exact) mass is 541 g/mol. The van der Waals surface area contributed by atoms with Crippen LogP contribution in [-0.2, 0) is 23.6 Å². The first-order valence-electron chi connectivity index (χ1n) is 12.3. The summed E-state index contributed by atoms with van der Waals surface area (Å²) < 4.78 is 79.4. The Hall–Kier alpha value is -3.28. The second kappa shape index (κ2) is 11.2. The maximum atomic E-state index is 13.6. The van der Waals surface area contributed by atoms with E-state index in [-0.39, 0.29) is 30.5 Å². The van der Waals surface area contributed by atoms with Gasteiger partial charge in [-0.15, -0.1) is 0 Å². The zero-order chi connectivity index (χ0) is 27.5. The van der Waals surface area contributed by atoms with E-state index in [9.17, 15) is 31.1 Å². The quantitative estimate of drug-likeness (QED) is 0.561. The van der Waals surface area contributed by atoms with Crippen molar-refractivity contribution in [3.63, 3.8) is 0 Å². The van der Waals surface area contributed by atoms with Gasteiger partial charge in [-0.3, -0.25) is 14.7 Å². The van der Waals surface area contributed by atoms with E-state index in [1.54, 1.807) is 0 Å². The summed E-state index contributed by atoms with van der Waals surface area (Å²) >= 11 is 0. The number of halogens is 6. The highest BCUT2D eigenvalue weighted by atomic mass is 19.4. The Bertz CT molecular complexity index is 1110. The second-order valence-electron chi connectivity index (χ2n) is 9.39. The average Bonchev–Trinajstić information content (AvgIpc) is 3.42. The summed E-state index contributed by atoms with van der Waals surface area (Å²) in [5.74, 6) is 0.577. The van der Waals surface area contributed by atoms with Crippen molar-refractivity contribution in [1.29, 1.82) is 0 Å². The largest absolute Gasteiger partial charge is 0.416 e. The van der Waals surface area contributed by atoms with Crippen molar-refractivity contribution in [2.75, 3.05) is 52.9 Å². The van der Waals surface area contributed by atoms with Crippen molar-refractivity contribution in [3.8, 4) is 0 Å². The molecule has 2 aromatic carbocycles. The van der Waals surface area contributed by atoms with Crippen molar-refractivity contribution in [2.45, 2.75) is 24.8 Å². The molecule has 0 radical (unpaired) electrons. The van der Waals surface area contributed by atoms with E-state index < -0.39 is 29.5 Å². The fourth-order valence-corrected chi connectivity index (χ4v) is 4.71. The molecule has 1 fully saturated rings. The number of nitrogens with zero attached hydrogens (tertiary/aromatic N) is 4. The highest BCUT2D eigenvalue weighted by molar-refractivity contribution is 5.83. The van der Waals surface area contributed by atoms with Gasteiger partial charge in [0.15, 0.2) is 5.96 Å². The topological polar surface area (TPSA) is 51.2 Å². The van der Waals surface area contributed by atoms with Crippen LogP contribution in [0.3, 0.4) is 0 Å². The lowest BCUT2D eigenvalue weighted by Crippen LogP contribution is -2.54. The number of hydrogen-bond donors (Lipinski definition) is 1. The summed E-state index contributed by atoms with van der Waals surface area (Å²) in [5, 5.41) is 3.24. The van der Waals surface area contributed by atoms with Crippen LogP contribution in [0.1, 0.15) is 28.3 Å². The van der Waals surface area contributed by atoms with Crippen LogP contribution in [0.4, 0.5) is 26.3 Å². The number of amides is 1. The normalized spacial score (nSPS) is 17.7. The first-order chi connectivity index (χ1) is 17.9. The zero-order valence-electron chi connectivity index (χ0n) is 20.8. The molecule has 2 aromatic rings. The number of carbonyl (C=O) groups is 1. The molecule has 0 bridgehead atoms. The lowest BCUT2D eigenvalue weighted by atomic mass is 10.0. The fourth-order valence-electron chi connectivity index (χ4n) is 4.71. The van der Waals surface area contributed by atoms with Gasteiger partial charge in [0, 0.05) is 46.3 Å². The van der Waals surface area contributed by atoms with E-state index in [4.69, 9.17) is 0 Å². The molecule has 6 nitrogen and oxygen atoms in total. The molecule has 1 N–H and O–H groups in total. The molecule has 2 aliphatic rings. The SMILES string of the molecule is CN(CCc1cc(C(F)(F)F)cc(C(F)(F)F)c1)C(=O)C(c1ccccc1)N1CCN(C2=NCCN2)CC1. The number of alkyl halides is 6. The molecule has 12 heteroatoms. The number of likely N-dealkylation sites (N-methyl/N-ethyl adjacent to an activating group) is 1. The van der Waals surface area contributed by atoms with Gasteiger partial charge in [-0.1, -0.05) is 30.3 Å². The van der Waals surface area contributed by atoms with Gasteiger partial charge in [0.1, 0.15) is 6.04 Å². The number of rotatable bonds is 6. The molecule has 1 unspecified atom stereocenters. The molecule has 1 atom stereocenters. The summed E-state index contributed by atoms with van der Waals surface area (Å²) in [4.78, 5) is 23.6. The number of carbonyl (C=O) groups excluding carboxylic acids is 1. The van der Waals surface area contributed by atoms with Crippen molar-refractivity contribution in [3.05, 3.63) is 70.8 Å². The van der Waals surface area contributed by atoms with Crippen LogP contribution < -0.4 is 5.32 Å². The standard InChI is InChI=1S/C26H29F6N5O/c1-35(10-7-18-15-20(25(27,28)29)17-21(16-18)26(30,31)32)23(38)22(19-5-3-2-4-6-19)36-11-13-37(14-12-36)24-33-8-9-34-24/h2-6,15-17,22H,7-14H2,1H3,(H,33,34). The number of piperazine rings is 1. The molecule has 1 saturated heterocycles. The Labute approximate surface area is 216 Å². The molecule has 38 heavy (non-hydrogen) atoms. The minimum absolute atomic E-state index is 0.0402. The Balaban J connectivity index is 1.49. The van der Waals surface area contributed by atoms with Crippen molar-refractivity contribution >= 4 is 11.9 Å². The lowest BCUT2D eigenvalue weighted by Gasteiger charge is -2.40.